The quantitative estimate of drug-likeness (QED) is 0.831. The van der Waals surface area contributed by atoms with E-state index in [0.29, 0.717) is 6.04 Å². The van der Waals surface area contributed by atoms with Crippen LogP contribution in [0.15, 0.2) is 0 Å². The monoisotopic (exact) mass is 252 g/mol. The predicted molar refractivity (Wildman–Crippen MR) is 78.6 cm³/mol. The van der Waals surface area contributed by atoms with Crippen LogP contribution >= 0.6 is 0 Å². The molecular formula is C16H32N2. The lowest BCUT2D eigenvalue weighted by atomic mass is 9.83. The summed E-state index contributed by atoms with van der Waals surface area (Å²) in [6, 6.07) is 1.21. The van der Waals surface area contributed by atoms with Crippen molar-refractivity contribution >= 4 is 0 Å². The molecule has 0 radical (unpaired) electrons. The van der Waals surface area contributed by atoms with Gasteiger partial charge in [0.15, 0.2) is 0 Å². The van der Waals surface area contributed by atoms with Crippen molar-refractivity contribution in [2.45, 2.75) is 76.8 Å². The van der Waals surface area contributed by atoms with Crippen molar-refractivity contribution in [2.24, 2.45) is 17.6 Å². The van der Waals surface area contributed by atoms with Gasteiger partial charge in [0.1, 0.15) is 0 Å². The second-order valence-electron chi connectivity index (χ2n) is 6.92. The van der Waals surface area contributed by atoms with E-state index in [1.54, 1.807) is 0 Å². The van der Waals surface area contributed by atoms with Gasteiger partial charge < -0.3 is 10.6 Å². The lowest BCUT2D eigenvalue weighted by molar-refractivity contribution is 0.144. The smallest absolute Gasteiger partial charge is 0.0196 e. The molecule has 0 heterocycles. The maximum absolute atomic E-state index is 6.44. The Kier molecular flexibility index (Phi) is 5.50. The highest BCUT2D eigenvalue weighted by atomic mass is 15.1. The molecule has 2 fully saturated rings. The van der Waals surface area contributed by atoms with Crippen LogP contribution < -0.4 is 5.73 Å². The summed E-state index contributed by atoms with van der Waals surface area (Å²) in [5, 5.41) is 0. The van der Waals surface area contributed by atoms with Crippen molar-refractivity contribution in [1.29, 1.82) is 0 Å². The van der Waals surface area contributed by atoms with Gasteiger partial charge in [0.25, 0.3) is 0 Å². The van der Waals surface area contributed by atoms with Gasteiger partial charge in [-0.15, -0.1) is 0 Å². The minimum atomic E-state index is 0.412. The van der Waals surface area contributed by atoms with Crippen LogP contribution in [-0.2, 0) is 0 Å². The van der Waals surface area contributed by atoms with Crippen LogP contribution in [-0.4, -0.2) is 30.6 Å². The Morgan fingerprint density at radius 2 is 1.61 bits per heavy atom. The summed E-state index contributed by atoms with van der Waals surface area (Å²) in [6.45, 7) is 3.51. The summed E-state index contributed by atoms with van der Waals surface area (Å²) >= 11 is 0. The van der Waals surface area contributed by atoms with Gasteiger partial charge in [0, 0.05) is 18.6 Å². The first-order chi connectivity index (χ1) is 8.66. The topological polar surface area (TPSA) is 29.3 Å². The zero-order chi connectivity index (χ0) is 13.0. The van der Waals surface area contributed by atoms with Crippen molar-refractivity contribution in [3.8, 4) is 0 Å². The summed E-state index contributed by atoms with van der Waals surface area (Å²) in [4.78, 5) is 2.56. The molecule has 106 valence electrons. The third-order valence-corrected chi connectivity index (χ3v) is 5.36. The molecule has 2 rings (SSSR count). The number of nitrogens with zero attached hydrogens (tertiary/aromatic N) is 1. The molecule has 0 amide bonds. The third-order valence-electron chi connectivity index (χ3n) is 5.36. The van der Waals surface area contributed by atoms with Gasteiger partial charge >= 0.3 is 0 Å². The average Bonchev–Trinajstić information content (AvgIpc) is 2.40. The molecule has 1 atom stereocenters. The van der Waals surface area contributed by atoms with Crippen LogP contribution in [0.1, 0.15) is 64.7 Å². The van der Waals surface area contributed by atoms with Crippen LogP contribution in [0.5, 0.6) is 0 Å². The first-order valence-corrected chi connectivity index (χ1v) is 8.12. The standard InChI is InChI=1S/C16H32N2/c1-13-8-10-15(11-9-13)18(2)12-16(17)14-6-4-3-5-7-14/h13-16H,3-12,17H2,1-2H3. The Balaban J connectivity index is 1.73. The van der Waals surface area contributed by atoms with Crippen LogP contribution in [0.4, 0.5) is 0 Å². The highest BCUT2D eigenvalue weighted by molar-refractivity contribution is 4.83. The number of rotatable bonds is 4. The van der Waals surface area contributed by atoms with Gasteiger partial charge in [-0.3, -0.25) is 0 Å². The summed E-state index contributed by atoms with van der Waals surface area (Å²) in [5.74, 6) is 1.74. The molecule has 0 bridgehead atoms. The molecule has 2 N–H and O–H groups in total. The summed E-state index contributed by atoms with van der Waals surface area (Å²) in [6.07, 6.45) is 12.6. The number of likely N-dealkylation sites (N-methyl/N-ethyl adjacent to an activating group) is 1. The molecule has 2 saturated carbocycles. The van der Waals surface area contributed by atoms with Crippen LogP contribution in [0.3, 0.4) is 0 Å². The maximum atomic E-state index is 6.44. The Labute approximate surface area is 113 Å². The highest BCUT2D eigenvalue weighted by Gasteiger charge is 2.26. The summed E-state index contributed by atoms with van der Waals surface area (Å²) in [5.41, 5.74) is 6.44. The Morgan fingerprint density at radius 1 is 1.00 bits per heavy atom. The van der Waals surface area contributed by atoms with E-state index in [9.17, 15) is 0 Å². The third kappa shape index (κ3) is 3.96. The van der Waals surface area contributed by atoms with E-state index in [2.05, 4.69) is 18.9 Å². The van der Waals surface area contributed by atoms with Gasteiger partial charge in [-0.25, -0.2) is 0 Å². The van der Waals surface area contributed by atoms with Crippen molar-refractivity contribution in [3.63, 3.8) is 0 Å². The van der Waals surface area contributed by atoms with Gasteiger partial charge in [0.2, 0.25) is 0 Å². The van der Waals surface area contributed by atoms with E-state index in [0.717, 1.165) is 24.4 Å². The van der Waals surface area contributed by atoms with Crippen LogP contribution in [0, 0.1) is 11.8 Å². The van der Waals surface area contributed by atoms with Gasteiger partial charge in [-0.05, 0) is 57.4 Å². The summed E-state index contributed by atoms with van der Waals surface area (Å²) in [7, 11) is 2.29. The van der Waals surface area contributed by atoms with Crippen LogP contribution in [0.2, 0.25) is 0 Å². The van der Waals surface area contributed by atoms with E-state index in [1.807, 2.05) is 0 Å². The molecular weight excluding hydrogens is 220 g/mol. The number of nitrogens with two attached hydrogens (primary N) is 1. The van der Waals surface area contributed by atoms with Crippen molar-refractivity contribution in [3.05, 3.63) is 0 Å². The molecule has 0 saturated heterocycles. The SMILES string of the molecule is CC1CCC(N(C)CC(N)C2CCCCC2)CC1. The van der Waals surface area contributed by atoms with Gasteiger partial charge in [-0.1, -0.05) is 26.2 Å². The van der Waals surface area contributed by atoms with E-state index in [4.69, 9.17) is 5.73 Å². The first-order valence-electron chi connectivity index (χ1n) is 8.12. The van der Waals surface area contributed by atoms with Crippen molar-refractivity contribution < 1.29 is 0 Å². The highest BCUT2D eigenvalue weighted by Crippen LogP contribution is 2.29. The van der Waals surface area contributed by atoms with Crippen LogP contribution in [0.25, 0.3) is 0 Å². The van der Waals surface area contributed by atoms with E-state index in [-0.39, 0.29) is 0 Å². The predicted octanol–water partition coefficient (Wildman–Crippen LogP) is 3.40. The van der Waals surface area contributed by atoms with E-state index < -0.39 is 0 Å². The molecule has 2 aliphatic carbocycles. The summed E-state index contributed by atoms with van der Waals surface area (Å²) < 4.78 is 0. The minimum absolute atomic E-state index is 0.412. The molecule has 0 aromatic rings. The fraction of sp³-hybridized carbons (Fsp3) is 1.00. The van der Waals surface area contributed by atoms with E-state index in [1.165, 1.54) is 57.8 Å². The maximum Gasteiger partial charge on any atom is 0.0196 e. The Bertz CT molecular complexity index is 227. The molecule has 0 aliphatic heterocycles. The molecule has 2 aliphatic rings. The average molecular weight is 252 g/mol. The number of hydrogen-bond acceptors (Lipinski definition) is 2. The fourth-order valence-electron chi connectivity index (χ4n) is 3.88. The molecule has 0 aromatic carbocycles. The van der Waals surface area contributed by atoms with Gasteiger partial charge in [0.05, 0.1) is 0 Å². The largest absolute Gasteiger partial charge is 0.326 e. The molecule has 1 unspecified atom stereocenters. The lowest BCUT2D eigenvalue weighted by Gasteiger charge is -2.37. The zero-order valence-electron chi connectivity index (χ0n) is 12.4. The zero-order valence-corrected chi connectivity index (χ0v) is 12.4. The molecule has 0 spiro atoms. The second kappa shape index (κ2) is 6.91. The van der Waals surface area contributed by atoms with Gasteiger partial charge in [-0.2, -0.15) is 0 Å². The molecule has 2 nitrogen and oxygen atoms in total. The van der Waals surface area contributed by atoms with E-state index >= 15 is 0 Å². The fourth-order valence-corrected chi connectivity index (χ4v) is 3.88. The minimum Gasteiger partial charge on any atom is -0.326 e. The Morgan fingerprint density at radius 3 is 2.22 bits per heavy atom. The normalized spacial score (nSPS) is 32.7. The molecule has 0 aromatic heterocycles. The van der Waals surface area contributed by atoms with Crippen molar-refractivity contribution in [1.82, 2.24) is 4.90 Å². The molecule has 2 heteroatoms. The molecule has 18 heavy (non-hydrogen) atoms. The van der Waals surface area contributed by atoms with Crippen molar-refractivity contribution in [2.75, 3.05) is 13.6 Å². The number of hydrogen-bond donors (Lipinski definition) is 1. The first kappa shape index (κ1) is 14.3. The lowest BCUT2D eigenvalue weighted by Crippen LogP contribution is -2.46. The Hall–Kier alpha value is -0.0800. The second-order valence-corrected chi connectivity index (χ2v) is 6.92.